The number of rotatable bonds is 4. The van der Waals surface area contributed by atoms with Crippen molar-refractivity contribution in [1.82, 2.24) is 10.3 Å². The predicted molar refractivity (Wildman–Crippen MR) is 68.1 cm³/mol. The third kappa shape index (κ3) is 2.45. The van der Waals surface area contributed by atoms with Crippen LogP contribution in [0.5, 0.6) is 5.75 Å². The lowest BCUT2D eigenvalue weighted by molar-refractivity contribution is 0.405. The minimum absolute atomic E-state index is 0.0485. The largest absolute Gasteiger partial charge is 0.496 e. The highest BCUT2D eigenvalue weighted by molar-refractivity contribution is 5.39. The summed E-state index contributed by atoms with van der Waals surface area (Å²) in [5, 5.41) is 3.27. The molecule has 0 fully saturated rings. The van der Waals surface area contributed by atoms with Gasteiger partial charge in [-0.1, -0.05) is 24.3 Å². The van der Waals surface area contributed by atoms with Crippen molar-refractivity contribution in [2.75, 3.05) is 14.2 Å². The van der Waals surface area contributed by atoms with E-state index in [1.54, 1.807) is 13.3 Å². The molecule has 0 saturated carbocycles. The van der Waals surface area contributed by atoms with Crippen molar-refractivity contribution in [1.29, 1.82) is 0 Å². The molecule has 0 radical (unpaired) electrons. The summed E-state index contributed by atoms with van der Waals surface area (Å²) >= 11 is 0. The molecule has 1 unspecified atom stereocenters. The first-order valence-electron chi connectivity index (χ1n) is 5.58. The zero-order valence-corrected chi connectivity index (χ0v) is 10.1. The third-order valence-electron chi connectivity index (χ3n) is 2.72. The highest BCUT2D eigenvalue weighted by Gasteiger charge is 2.16. The molecule has 1 N–H and O–H groups in total. The minimum atomic E-state index is 0.0485. The number of aromatic nitrogens is 1. The van der Waals surface area contributed by atoms with Gasteiger partial charge in [-0.15, -0.1) is 0 Å². The van der Waals surface area contributed by atoms with Gasteiger partial charge < -0.3 is 10.1 Å². The number of nitrogens with zero attached hydrogens (tertiary/aromatic N) is 1. The molecule has 3 heteroatoms. The van der Waals surface area contributed by atoms with Gasteiger partial charge in [-0.25, -0.2) is 0 Å². The maximum absolute atomic E-state index is 5.38. The van der Waals surface area contributed by atoms with Crippen LogP contribution in [0.2, 0.25) is 0 Å². The van der Waals surface area contributed by atoms with Crippen LogP contribution in [-0.2, 0) is 0 Å². The second-order valence-electron chi connectivity index (χ2n) is 3.72. The molecule has 0 saturated heterocycles. The van der Waals surface area contributed by atoms with E-state index < -0.39 is 0 Å². The Morgan fingerprint density at radius 3 is 2.53 bits per heavy atom. The molecule has 0 aliphatic carbocycles. The lowest BCUT2D eigenvalue weighted by Crippen LogP contribution is -2.19. The van der Waals surface area contributed by atoms with Gasteiger partial charge in [0.15, 0.2) is 0 Å². The van der Waals surface area contributed by atoms with Gasteiger partial charge in [0.2, 0.25) is 0 Å². The highest BCUT2D eigenvalue weighted by Crippen LogP contribution is 2.28. The zero-order chi connectivity index (χ0) is 12.1. The summed E-state index contributed by atoms with van der Waals surface area (Å²) in [5.74, 6) is 0.873. The Hall–Kier alpha value is -1.87. The first-order valence-corrected chi connectivity index (χ1v) is 5.58. The second kappa shape index (κ2) is 5.46. The predicted octanol–water partition coefficient (Wildman–Crippen LogP) is 2.40. The lowest BCUT2D eigenvalue weighted by atomic mass is 10.0. The average Bonchev–Trinajstić information content (AvgIpc) is 2.41. The Kier molecular flexibility index (Phi) is 3.73. The fraction of sp³-hybridized carbons (Fsp3) is 0.214. The number of pyridine rings is 1. The molecule has 17 heavy (non-hydrogen) atoms. The van der Waals surface area contributed by atoms with Gasteiger partial charge in [-0.2, -0.15) is 0 Å². The smallest absolute Gasteiger partial charge is 0.124 e. The molecule has 2 aromatic rings. The maximum Gasteiger partial charge on any atom is 0.124 e. The number of para-hydroxylation sites is 1. The van der Waals surface area contributed by atoms with E-state index >= 15 is 0 Å². The van der Waals surface area contributed by atoms with Crippen molar-refractivity contribution in [3.05, 3.63) is 59.9 Å². The summed E-state index contributed by atoms with van der Waals surface area (Å²) < 4.78 is 5.38. The summed E-state index contributed by atoms with van der Waals surface area (Å²) in [4.78, 5) is 4.38. The Morgan fingerprint density at radius 1 is 1.12 bits per heavy atom. The summed E-state index contributed by atoms with van der Waals surface area (Å²) in [6.45, 7) is 0. The van der Waals surface area contributed by atoms with Gasteiger partial charge in [-0.3, -0.25) is 4.98 Å². The zero-order valence-electron chi connectivity index (χ0n) is 10.1. The van der Waals surface area contributed by atoms with E-state index in [1.165, 1.54) is 0 Å². The van der Waals surface area contributed by atoms with Crippen LogP contribution < -0.4 is 10.1 Å². The lowest BCUT2D eigenvalue weighted by Gasteiger charge is -2.18. The molecule has 2 rings (SSSR count). The molecule has 88 valence electrons. The van der Waals surface area contributed by atoms with Gasteiger partial charge in [0.25, 0.3) is 0 Å². The molecular weight excluding hydrogens is 212 g/mol. The van der Waals surface area contributed by atoms with Crippen molar-refractivity contribution >= 4 is 0 Å². The Bertz CT molecular complexity index is 471. The van der Waals surface area contributed by atoms with Crippen LogP contribution in [0.1, 0.15) is 17.3 Å². The van der Waals surface area contributed by atoms with E-state index in [0.29, 0.717) is 0 Å². The summed E-state index contributed by atoms with van der Waals surface area (Å²) in [5.41, 5.74) is 2.08. The van der Waals surface area contributed by atoms with Gasteiger partial charge in [0.1, 0.15) is 5.75 Å². The molecule has 1 atom stereocenters. The molecular formula is C14H16N2O. The Labute approximate surface area is 101 Å². The summed E-state index contributed by atoms with van der Waals surface area (Å²) in [7, 11) is 3.61. The number of nitrogens with one attached hydrogen (secondary N) is 1. The standard InChI is InChI=1S/C14H16N2O/c1-15-14(12-8-5-6-10-16-12)11-7-3-4-9-13(11)17-2/h3-10,14-15H,1-2H3. The summed E-state index contributed by atoms with van der Waals surface area (Å²) in [6.07, 6.45) is 1.80. The first kappa shape index (κ1) is 11.6. The van der Waals surface area contributed by atoms with Gasteiger partial charge in [-0.05, 0) is 25.2 Å². The number of methoxy groups -OCH3 is 1. The van der Waals surface area contributed by atoms with E-state index in [4.69, 9.17) is 4.74 Å². The average molecular weight is 228 g/mol. The summed E-state index contributed by atoms with van der Waals surface area (Å²) in [6, 6.07) is 13.9. The quantitative estimate of drug-likeness (QED) is 0.872. The molecule has 0 aliphatic rings. The van der Waals surface area contributed by atoms with Crippen molar-refractivity contribution in [2.45, 2.75) is 6.04 Å². The minimum Gasteiger partial charge on any atom is -0.496 e. The van der Waals surface area contributed by atoms with E-state index in [0.717, 1.165) is 17.0 Å². The fourth-order valence-electron chi connectivity index (χ4n) is 1.91. The highest BCUT2D eigenvalue weighted by atomic mass is 16.5. The third-order valence-corrected chi connectivity index (χ3v) is 2.72. The molecule has 3 nitrogen and oxygen atoms in total. The van der Waals surface area contributed by atoms with Crippen LogP contribution in [0, 0.1) is 0 Å². The normalized spacial score (nSPS) is 12.1. The van der Waals surface area contributed by atoms with E-state index in [2.05, 4.69) is 16.4 Å². The Balaban J connectivity index is 2.42. The van der Waals surface area contributed by atoms with Crippen LogP contribution >= 0.6 is 0 Å². The molecule has 0 amide bonds. The van der Waals surface area contributed by atoms with E-state index in [1.807, 2.05) is 43.4 Å². The first-order chi connectivity index (χ1) is 8.36. The van der Waals surface area contributed by atoms with Crippen molar-refractivity contribution in [3.63, 3.8) is 0 Å². The van der Waals surface area contributed by atoms with Crippen molar-refractivity contribution < 1.29 is 4.74 Å². The van der Waals surface area contributed by atoms with Gasteiger partial charge in [0, 0.05) is 11.8 Å². The van der Waals surface area contributed by atoms with Crippen LogP contribution in [0.25, 0.3) is 0 Å². The molecule has 1 aromatic carbocycles. The van der Waals surface area contributed by atoms with Crippen molar-refractivity contribution in [2.24, 2.45) is 0 Å². The molecule has 0 spiro atoms. The van der Waals surface area contributed by atoms with Crippen LogP contribution in [0.4, 0.5) is 0 Å². The van der Waals surface area contributed by atoms with Gasteiger partial charge in [0.05, 0.1) is 18.8 Å². The van der Waals surface area contributed by atoms with Crippen LogP contribution in [0.3, 0.4) is 0 Å². The number of ether oxygens (including phenoxy) is 1. The van der Waals surface area contributed by atoms with Crippen molar-refractivity contribution in [3.8, 4) is 5.75 Å². The topological polar surface area (TPSA) is 34.2 Å². The maximum atomic E-state index is 5.38. The SMILES string of the molecule is CNC(c1ccccn1)c1ccccc1OC. The van der Waals surface area contributed by atoms with Crippen LogP contribution in [-0.4, -0.2) is 19.1 Å². The second-order valence-corrected chi connectivity index (χ2v) is 3.72. The number of benzene rings is 1. The number of hydrogen-bond acceptors (Lipinski definition) is 3. The molecule has 0 bridgehead atoms. The molecule has 0 aliphatic heterocycles. The molecule has 1 aromatic heterocycles. The van der Waals surface area contributed by atoms with E-state index in [-0.39, 0.29) is 6.04 Å². The molecule has 1 heterocycles. The monoisotopic (exact) mass is 228 g/mol. The van der Waals surface area contributed by atoms with Crippen LogP contribution in [0.15, 0.2) is 48.7 Å². The number of hydrogen-bond donors (Lipinski definition) is 1. The Morgan fingerprint density at radius 2 is 1.88 bits per heavy atom. The fourth-order valence-corrected chi connectivity index (χ4v) is 1.91. The van der Waals surface area contributed by atoms with Gasteiger partial charge >= 0.3 is 0 Å². The van der Waals surface area contributed by atoms with E-state index in [9.17, 15) is 0 Å².